The maximum atomic E-state index is 14.3. The van der Waals surface area contributed by atoms with Crippen LogP contribution in [0.2, 0.25) is 0 Å². The molecule has 1 N–H and O–H groups in total. The Bertz CT molecular complexity index is 960. The summed E-state index contributed by atoms with van der Waals surface area (Å²) >= 11 is 0. The van der Waals surface area contributed by atoms with Gasteiger partial charge in [0, 0.05) is 31.6 Å². The van der Waals surface area contributed by atoms with Gasteiger partial charge in [-0.15, -0.1) is 0 Å². The summed E-state index contributed by atoms with van der Waals surface area (Å²) in [5, 5.41) is 6.86. The van der Waals surface area contributed by atoms with Crippen LogP contribution in [0.1, 0.15) is 5.56 Å². The van der Waals surface area contributed by atoms with Crippen molar-refractivity contribution >= 4 is 22.5 Å². The summed E-state index contributed by atoms with van der Waals surface area (Å²) in [7, 11) is 0. The van der Waals surface area contributed by atoms with E-state index in [-0.39, 0.29) is 17.0 Å². The minimum absolute atomic E-state index is 0.0112. The molecule has 3 heterocycles. The van der Waals surface area contributed by atoms with Crippen molar-refractivity contribution in [2.75, 3.05) is 31.1 Å². The van der Waals surface area contributed by atoms with Crippen molar-refractivity contribution in [1.29, 1.82) is 0 Å². The molecule has 1 fully saturated rings. The lowest BCUT2D eigenvalue weighted by Gasteiger charge is -2.28. The van der Waals surface area contributed by atoms with E-state index in [0.717, 1.165) is 6.33 Å². The number of rotatable bonds is 1. The molecule has 1 aliphatic rings. The highest BCUT2D eigenvalue weighted by Gasteiger charge is 2.37. The maximum Gasteiger partial charge on any atom is 0.419 e. The van der Waals surface area contributed by atoms with Gasteiger partial charge in [0.05, 0.1) is 5.56 Å². The van der Waals surface area contributed by atoms with Gasteiger partial charge in [-0.2, -0.15) is 22.8 Å². The highest BCUT2D eigenvalue weighted by Crippen LogP contribution is 2.36. The molecule has 2 aromatic heterocycles. The fourth-order valence-corrected chi connectivity index (χ4v) is 2.89. The average Bonchev–Trinajstić information content (AvgIpc) is 3.07. The summed E-state index contributed by atoms with van der Waals surface area (Å²) in [5.41, 5.74) is -2.21. The molecule has 0 unspecified atom stereocenters. The van der Waals surface area contributed by atoms with Crippen molar-refractivity contribution < 1.29 is 22.0 Å². The molecule has 0 amide bonds. The predicted molar refractivity (Wildman–Crippen MR) is 78.3 cm³/mol. The quantitative estimate of drug-likeness (QED) is 0.675. The van der Waals surface area contributed by atoms with Crippen molar-refractivity contribution in [3.63, 3.8) is 0 Å². The Hall–Kier alpha value is -2.56. The number of hydrogen-bond acceptors (Lipinski definition) is 5. The molecule has 11 heteroatoms. The molecular weight excluding hydrogens is 347 g/mol. The van der Waals surface area contributed by atoms with Gasteiger partial charge in [0.1, 0.15) is 11.8 Å². The minimum atomic E-state index is -5.03. The van der Waals surface area contributed by atoms with Crippen molar-refractivity contribution in [3.05, 3.63) is 29.6 Å². The van der Waals surface area contributed by atoms with E-state index in [1.54, 1.807) is 4.90 Å². The normalized spacial score (nSPS) is 16.1. The van der Waals surface area contributed by atoms with Gasteiger partial charge in [-0.25, -0.2) is 18.7 Å². The second kappa shape index (κ2) is 5.48. The molecular formula is C14H11F5N6. The summed E-state index contributed by atoms with van der Waals surface area (Å²) in [5.74, 6) is -3.41. The number of fused-ring (bicyclic) bond motifs is 3. The number of nitrogens with zero attached hydrogens (tertiary/aromatic N) is 5. The zero-order valence-corrected chi connectivity index (χ0v) is 12.6. The van der Waals surface area contributed by atoms with Gasteiger partial charge in [-0.3, -0.25) is 0 Å². The van der Waals surface area contributed by atoms with Gasteiger partial charge in [-0.1, -0.05) is 0 Å². The molecule has 0 radical (unpaired) electrons. The second-order valence-electron chi connectivity index (χ2n) is 5.59. The number of hydrogen-bond donors (Lipinski definition) is 1. The van der Waals surface area contributed by atoms with E-state index in [2.05, 4.69) is 20.4 Å². The highest BCUT2D eigenvalue weighted by atomic mass is 19.4. The lowest BCUT2D eigenvalue weighted by molar-refractivity contribution is -0.140. The molecule has 0 aliphatic carbocycles. The third-order valence-corrected chi connectivity index (χ3v) is 4.08. The van der Waals surface area contributed by atoms with Crippen molar-refractivity contribution in [2.45, 2.75) is 6.18 Å². The Balaban J connectivity index is 2.04. The van der Waals surface area contributed by atoms with Crippen LogP contribution in [0.25, 0.3) is 16.6 Å². The lowest BCUT2D eigenvalue weighted by atomic mass is 10.1. The number of piperazine rings is 1. The molecule has 4 rings (SSSR count). The first-order chi connectivity index (χ1) is 11.9. The lowest BCUT2D eigenvalue weighted by Crippen LogP contribution is -2.44. The summed E-state index contributed by atoms with van der Waals surface area (Å²) in [6.45, 7) is 2.38. The fraction of sp³-hybridized carbons (Fsp3) is 0.357. The number of nitrogens with one attached hydrogen (secondary N) is 1. The van der Waals surface area contributed by atoms with Crippen LogP contribution >= 0.6 is 0 Å². The smallest absolute Gasteiger partial charge is 0.338 e. The predicted octanol–water partition coefficient (Wildman–Crippen LogP) is 1.98. The fourth-order valence-electron chi connectivity index (χ4n) is 2.89. The van der Waals surface area contributed by atoms with E-state index < -0.39 is 28.9 Å². The zero-order valence-electron chi connectivity index (χ0n) is 12.6. The summed E-state index contributed by atoms with van der Waals surface area (Å²) in [6, 6.07) is 0.520. The summed E-state index contributed by atoms with van der Waals surface area (Å²) < 4.78 is 68.4. The number of anilines is 1. The first kappa shape index (κ1) is 15.9. The molecule has 25 heavy (non-hydrogen) atoms. The molecule has 1 aromatic carbocycles. The van der Waals surface area contributed by atoms with Crippen LogP contribution in [-0.4, -0.2) is 45.8 Å². The van der Waals surface area contributed by atoms with Crippen molar-refractivity contribution in [1.82, 2.24) is 24.9 Å². The monoisotopic (exact) mass is 358 g/mol. The Morgan fingerprint density at radius 1 is 1.08 bits per heavy atom. The van der Waals surface area contributed by atoms with Crippen LogP contribution < -0.4 is 10.2 Å². The molecule has 3 aromatic rings. The topological polar surface area (TPSA) is 58.4 Å². The zero-order chi connectivity index (χ0) is 17.8. The van der Waals surface area contributed by atoms with Crippen molar-refractivity contribution in [3.8, 4) is 0 Å². The van der Waals surface area contributed by atoms with E-state index in [9.17, 15) is 22.0 Å². The Morgan fingerprint density at radius 2 is 1.80 bits per heavy atom. The van der Waals surface area contributed by atoms with E-state index in [0.29, 0.717) is 32.2 Å². The Labute approximate surface area is 137 Å². The first-order valence-corrected chi connectivity index (χ1v) is 7.42. The van der Waals surface area contributed by atoms with E-state index in [1.165, 1.54) is 4.52 Å². The molecule has 132 valence electrons. The van der Waals surface area contributed by atoms with Crippen molar-refractivity contribution in [2.24, 2.45) is 0 Å². The van der Waals surface area contributed by atoms with Gasteiger partial charge in [0.2, 0.25) is 5.95 Å². The van der Waals surface area contributed by atoms with Gasteiger partial charge in [0.25, 0.3) is 0 Å². The largest absolute Gasteiger partial charge is 0.419 e. The molecule has 1 saturated heterocycles. The maximum absolute atomic E-state index is 14.3. The SMILES string of the molecule is Fc1c(C(F)(F)F)cc2c(nc(N3CCNCC3)n3ncnc23)c1F. The van der Waals surface area contributed by atoms with Crippen LogP contribution in [0.4, 0.5) is 27.9 Å². The number of benzene rings is 1. The van der Waals surface area contributed by atoms with Crippen LogP contribution in [0.15, 0.2) is 12.4 Å². The average molecular weight is 358 g/mol. The highest BCUT2D eigenvalue weighted by molar-refractivity contribution is 5.93. The summed E-state index contributed by atoms with van der Waals surface area (Å²) in [4.78, 5) is 9.75. The molecule has 0 spiro atoms. The number of aromatic nitrogens is 4. The van der Waals surface area contributed by atoms with Crippen LogP contribution in [0.5, 0.6) is 0 Å². The molecule has 6 nitrogen and oxygen atoms in total. The number of halogens is 5. The van der Waals surface area contributed by atoms with Crippen LogP contribution in [0.3, 0.4) is 0 Å². The minimum Gasteiger partial charge on any atom is -0.338 e. The summed E-state index contributed by atoms with van der Waals surface area (Å²) in [6.07, 6.45) is -3.90. The first-order valence-electron chi connectivity index (χ1n) is 7.42. The van der Waals surface area contributed by atoms with Gasteiger partial charge >= 0.3 is 6.18 Å². The second-order valence-corrected chi connectivity index (χ2v) is 5.59. The van der Waals surface area contributed by atoms with E-state index in [1.807, 2.05) is 0 Å². The molecule has 1 aliphatic heterocycles. The molecule has 0 bridgehead atoms. The molecule has 0 saturated carbocycles. The van der Waals surface area contributed by atoms with E-state index >= 15 is 0 Å². The third-order valence-electron chi connectivity index (χ3n) is 4.08. The third kappa shape index (κ3) is 2.46. The number of alkyl halides is 3. The van der Waals surface area contributed by atoms with Crippen LogP contribution in [-0.2, 0) is 6.18 Å². The van der Waals surface area contributed by atoms with Crippen LogP contribution in [0, 0.1) is 11.6 Å². The van der Waals surface area contributed by atoms with Gasteiger partial charge in [-0.05, 0) is 6.07 Å². The van der Waals surface area contributed by atoms with E-state index in [4.69, 9.17) is 0 Å². The van der Waals surface area contributed by atoms with Gasteiger partial charge < -0.3 is 10.2 Å². The molecule has 0 atom stereocenters. The Kier molecular flexibility index (Phi) is 3.49. The standard InChI is InChI=1S/C14H11F5N6/c15-9-8(14(17,18)19)5-7-11(10(9)16)23-13(24-3-1-20-2-4-24)25-12(7)21-6-22-25/h5-6,20H,1-4H2. The van der Waals surface area contributed by atoms with Gasteiger partial charge in [0.15, 0.2) is 17.3 Å². The Morgan fingerprint density at radius 3 is 2.48 bits per heavy atom.